The van der Waals surface area contributed by atoms with Crippen LogP contribution in [-0.4, -0.2) is 44.4 Å². The van der Waals surface area contributed by atoms with Gasteiger partial charge in [0.25, 0.3) is 15.9 Å². The number of hydrogen-bond acceptors (Lipinski definition) is 5. The fraction of sp³-hybridized carbons (Fsp3) is 0.421. The van der Waals surface area contributed by atoms with Crippen LogP contribution in [0.1, 0.15) is 24.0 Å². The molecule has 2 heterocycles. The lowest BCUT2D eigenvalue weighted by molar-refractivity contribution is -0.124. The van der Waals surface area contributed by atoms with Crippen LogP contribution in [-0.2, 0) is 14.8 Å². The summed E-state index contributed by atoms with van der Waals surface area (Å²) in [5.74, 6) is 0.484. The van der Waals surface area contributed by atoms with Gasteiger partial charge in [0.1, 0.15) is 9.96 Å². The van der Waals surface area contributed by atoms with Crippen molar-refractivity contribution in [3.63, 3.8) is 0 Å². The molecule has 1 amide bonds. The Morgan fingerprint density at radius 3 is 2.59 bits per heavy atom. The largest absolute Gasteiger partial charge is 0.484 e. The van der Waals surface area contributed by atoms with Gasteiger partial charge in [-0.05, 0) is 61.4 Å². The van der Waals surface area contributed by atoms with Crippen molar-refractivity contribution in [2.75, 3.05) is 19.7 Å². The van der Waals surface area contributed by atoms with Gasteiger partial charge < -0.3 is 10.1 Å². The first-order valence-electron chi connectivity index (χ1n) is 8.89. The van der Waals surface area contributed by atoms with Gasteiger partial charge in [-0.1, -0.05) is 12.1 Å². The molecule has 1 N–H and O–H groups in total. The number of rotatable bonds is 6. The summed E-state index contributed by atoms with van der Waals surface area (Å²) in [6.45, 7) is 4.79. The van der Waals surface area contributed by atoms with Crippen molar-refractivity contribution in [1.29, 1.82) is 0 Å². The number of nitrogens with zero attached hydrogens (tertiary/aromatic N) is 1. The molecule has 0 aliphatic carbocycles. The summed E-state index contributed by atoms with van der Waals surface area (Å²) >= 11 is 1.23. The molecule has 2 aromatic rings. The zero-order valence-electron chi connectivity index (χ0n) is 15.5. The standard InChI is InChI=1S/C19H24N2O4S2/c1-14-5-6-17(12-15(14)2)25-13-18(22)20-16-7-9-21(10-8-16)27(23,24)19-4-3-11-26-19/h3-6,11-12,16H,7-10,13H2,1-2H3,(H,20,22). The van der Waals surface area contributed by atoms with Crippen molar-refractivity contribution in [3.05, 3.63) is 46.8 Å². The zero-order valence-corrected chi connectivity index (χ0v) is 17.1. The Morgan fingerprint density at radius 2 is 1.96 bits per heavy atom. The molecule has 0 radical (unpaired) electrons. The summed E-state index contributed by atoms with van der Waals surface area (Å²) < 4.78 is 32.4. The lowest BCUT2D eigenvalue weighted by Crippen LogP contribution is -2.47. The topological polar surface area (TPSA) is 75.7 Å². The first-order chi connectivity index (χ1) is 12.9. The molecule has 1 aliphatic heterocycles. The van der Waals surface area contributed by atoms with Crippen LogP contribution in [0.15, 0.2) is 39.9 Å². The summed E-state index contributed by atoms with van der Waals surface area (Å²) in [6.07, 6.45) is 1.19. The number of benzene rings is 1. The second kappa shape index (κ2) is 8.41. The highest BCUT2D eigenvalue weighted by Crippen LogP contribution is 2.24. The molecule has 0 unspecified atom stereocenters. The predicted molar refractivity (Wildman–Crippen MR) is 106 cm³/mol. The third kappa shape index (κ3) is 4.88. The summed E-state index contributed by atoms with van der Waals surface area (Å²) in [7, 11) is -3.41. The minimum absolute atomic E-state index is 0.0318. The molecule has 1 aromatic carbocycles. The average molecular weight is 409 g/mol. The summed E-state index contributed by atoms with van der Waals surface area (Å²) in [5, 5.41) is 4.70. The number of nitrogens with one attached hydrogen (secondary N) is 1. The third-order valence-corrected chi connectivity index (χ3v) is 8.03. The molecule has 27 heavy (non-hydrogen) atoms. The average Bonchev–Trinajstić information content (AvgIpc) is 3.19. The maximum absolute atomic E-state index is 12.5. The van der Waals surface area contributed by atoms with Crippen LogP contribution < -0.4 is 10.1 Å². The lowest BCUT2D eigenvalue weighted by Gasteiger charge is -2.31. The van der Waals surface area contributed by atoms with E-state index >= 15 is 0 Å². The number of hydrogen-bond donors (Lipinski definition) is 1. The zero-order chi connectivity index (χ0) is 19.4. The number of aryl methyl sites for hydroxylation is 2. The molecule has 8 heteroatoms. The molecule has 0 atom stereocenters. The highest BCUT2D eigenvalue weighted by Gasteiger charge is 2.30. The van der Waals surface area contributed by atoms with Gasteiger partial charge in [-0.25, -0.2) is 8.42 Å². The molecule has 0 spiro atoms. The van der Waals surface area contributed by atoms with Gasteiger partial charge in [0.15, 0.2) is 6.61 Å². The fourth-order valence-corrected chi connectivity index (χ4v) is 5.61. The molecular formula is C19H24N2O4S2. The SMILES string of the molecule is Cc1ccc(OCC(=O)NC2CCN(S(=O)(=O)c3cccs3)CC2)cc1C. The molecule has 1 aliphatic rings. The number of carbonyl (C=O) groups excluding carboxylic acids is 1. The highest BCUT2D eigenvalue weighted by atomic mass is 32.2. The van der Waals surface area contributed by atoms with E-state index in [9.17, 15) is 13.2 Å². The number of carbonyl (C=O) groups is 1. The smallest absolute Gasteiger partial charge is 0.258 e. The second-order valence-corrected chi connectivity index (χ2v) is 9.83. The van der Waals surface area contributed by atoms with E-state index in [0.717, 1.165) is 5.56 Å². The minimum atomic E-state index is -3.41. The van der Waals surface area contributed by atoms with Crippen LogP contribution in [0.25, 0.3) is 0 Å². The molecular weight excluding hydrogens is 384 g/mol. The van der Waals surface area contributed by atoms with Crippen molar-refractivity contribution in [2.45, 2.75) is 36.9 Å². The molecule has 146 valence electrons. The fourth-order valence-electron chi connectivity index (χ4n) is 3.00. The van der Waals surface area contributed by atoms with Crippen LogP contribution >= 0.6 is 11.3 Å². The Labute approximate surface area is 164 Å². The van der Waals surface area contributed by atoms with Gasteiger partial charge in [-0.3, -0.25) is 4.79 Å². The van der Waals surface area contributed by atoms with Gasteiger partial charge in [-0.15, -0.1) is 11.3 Å². The van der Waals surface area contributed by atoms with Crippen molar-refractivity contribution in [3.8, 4) is 5.75 Å². The van der Waals surface area contributed by atoms with Crippen molar-refractivity contribution in [1.82, 2.24) is 9.62 Å². The Morgan fingerprint density at radius 1 is 1.22 bits per heavy atom. The Kier molecular flexibility index (Phi) is 6.18. The lowest BCUT2D eigenvalue weighted by atomic mass is 10.1. The van der Waals surface area contributed by atoms with E-state index in [0.29, 0.717) is 35.9 Å². The van der Waals surface area contributed by atoms with E-state index in [1.165, 1.54) is 21.2 Å². The maximum atomic E-state index is 12.5. The second-order valence-electron chi connectivity index (χ2n) is 6.71. The summed E-state index contributed by atoms with van der Waals surface area (Å²) in [6, 6.07) is 9.06. The molecule has 0 bridgehead atoms. The van der Waals surface area contributed by atoms with Crippen LogP contribution in [0.5, 0.6) is 5.75 Å². The first kappa shape index (κ1) is 19.9. The van der Waals surface area contributed by atoms with Crippen LogP contribution in [0, 0.1) is 13.8 Å². The minimum Gasteiger partial charge on any atom is -0.484 e. The van der Waals surface area contributed by atoms with Crippen molar-refractivity contribution >= 4 is 27.3 Å². The predicted octanol–water partition coefficient (Wildman–Crippen LogP) is 2.71. The summed E-state index contributed by atoms with van der Waals surface area (Å²) in [5.41, 5.74) is 2.29. The van der Waals surface area contributed by atoms with Gasteiger partial charge in [0.2, 0.25) is 0 Å². The molecule has 1 fully saturated rings. The molecule has 0 saturated carbocycles. The van der Waals surface area contributed by atoms with E-state index in [1.54, 1.807) is 17.5 Å². The maximum Gasteiger partial charge on any atom is 0.258 e. The van der Waals surface area contributed by atoms with Gasteiger partial charge >= 0.3 is 0 Å². The van der Waals surface area contributed by atoms with E-state index in [4.69, 9.17) is 4.74 Å². The first-order valence-corrected chi connectivity index (χ1v) is 11.2. The highest BCUT2D eigenvalue weighted by molar-refractivity contribution is 7.91. The number of sulfonamides is 1. The van der Waals surface area contributed by atoms with E-state index in [2.05, 4.69) is 5.32 Å². The van der Waals surface area contributed by atoms with Crippen molar-refractivity contribution < 1.29 is 17.9 Å². The normalized spacial score (nSPS) is 16.2. The van der Waals surface area contributed by atoms with E-state index < -0.39 is 10.0 Å². The van der Waals surface area contributed by atoms with E-state index in [-0.39, 0.29) is 18.6 Å². The number of thiophene rings is 1. The molecule has 1 saturated heterocycles. The third-order valence-electron chi connectivity index (χ3n) is 4.76. The monoisotopic (exact) mass is 408 g/mol. The van der Waals surface area contributed by atoms with E-state index in [1.807, 2.05) is 32.0 Å². The van der Waals surface area contributed by atoms with Gasteiger partial charge in [0, 0.05) is 19.1 Å². The number of piperidine rings is 1. The van der Waals surface area contributed by atoms with Gasteiger partial charge in [0.05, 0.1) is 0 Å². The molecule has 6 nitrogen and oxygen atoms in total. The van der Waals surface area contributed by atoms with Gasteiger partial charge in [-0.2, -0.15) is 4.31 Å². The Hall–Kier alpha value is -1.90. The quantitative estimate of drug-likeness (QED) is 0.797. The molecule has 1 aromatic heterocycles. The molecule has 3 rings (SSSR count). The van der Waals surface area contributed by atoms with Crippen LogP contribution in [0.2, 0.25) is 0 Å². The van der Waals surface area contributed by atoms with Crippen LogP contribution in [0.3, 0.4) is 0 Å². The number of ether oxygens (including phenoxy) is 1. The van der Waals surface area contributed by atoms with Crippen LogP contribution in [0.4, 0.5) is 0 Å². The number of amides is 1. The van der Waals surface area contributed by atoms with Crippen molar-refractivity contribution in [2.24, 2.45) is 0 Å². The summed E-state index contributed by atoms with van der Waals surface area (Å²) in [4.78, 5) is 12.1. The Bertz CT molecular complexity index is 886. The Balaban J connectivity index is 1.46.